The summed E-state index contributed by atoms with van der Waals surface area (Å²) in [6, 6.07) is 5.18. The highest BCUT2D eigenvalue weighted by atomic mass is 35.5. The third-order valence-electron chi connectivity index (χ3n) is 2.43. The molecule has 2 rings (SSSR count). The maximum Gasteiger partial charge on any atom is 0.172 e. The van der Waals surface area contributed by atoms with Gasteiger partial charge in [-0.1, -0.05) is 16.8 Å². The number of hydrogen-bond acceptors (Lipinski definition) is 3. The Bertz CT molecular complexity index is 577. The topological polar surface area (TPSA) is 76.4 Å². The number of aryl methyl sites for hydroxylation is 1. The fourth-order valence-electron chi connectivity index (χ4n) is 1.61. The molecule has 0 aliphatic heterocycles. The van der Waals surface area contributed by atoms with Crippen molar-refractivity contribution in [2.45, 2.75) is 6.92 Å². The molecule has 0 unspecified atom stereocenters. The maximum absolute atomic E-state index is 8.77. The number of nitrogens with zero attached hydrogens (tertiary/aromatic N) is 3. The van der Waals surface area contributed by atoms with Crippen LogP contribution in [0, 0.1) is 6.92 Å². The van der Waals surface area contributed by atoms with Crippen molar-refractivity contribution in [1.82, 2.24) is 9.55 Å². The molecule has 2 aromatic rings. The molecule has 1 heterocycles. The summed E-state index contributed by atoms with van der Waals surface area (Å²) in [6.07, 6.45) is 3.48. The van der Waals surface area contributed by atoms with Gasteiger partial charge in [0.15, 0.2) is 5.84 Å². The summed E-state index contributed by atoms with van der Waals surface area (Å²) in [6.45, 7) is 1.87. The summed E-state index contributed by atoms with van der Waals surface area (Å²) in [7, 11) is 0. The Morgan fingerprint density at radius 1 is 1.53 bits per heavy atom. The first kappa shape index (κ1) is 11.5. The van der Waals surface area contributed by atoms with E-state index in [1.807, 2.05) is 11.5 Å². The summed E-state index contributed by atoms with van der Waals surface area (Å²) in [5.41, 5.74) is 6.95. The summed E-state index contributed by atoms with van der Waals surface area (Å²) in [5, 5.41) is 12.3. The number of oxime groups is 1. The lowest BCUT2D eigenvalue weighted by molar-refractivity contribution is 0.318. The molecule has 1 aromatic carbocycles. The van der Waals surface area contributed by atoms with Crippen LogP contribution in [0.3, 0.4) is 0 Å². The van der Waals surface area contributed by atoms with Gasteiger partial charge in [-0.25, -0.2) is 4.98 Å². The summed E-state index contributed by atoms with van der Waals surface area (Å²) < 4.78 is 1.84. The van der Waals surface area contributed by atoms with Gasteiger partial charge in [0, 0.05) is 23.0 Å². The van der Waals surface area contributed by atoms with E-state index >= 15 is 0 Å². The predicted octanol–water partition coefficient (Wildman–Crippen LogP) is 1.93. The lowest BCUT2D eigenvalue weighted by Gasteiger charge is -2.11. The van der Waals surface area contributed by atoms with Crippen molar-refractivity contribution in [2.75, 3.05) is 0 Å². The number of aromatic nitrogens is 2. The quantitative estimate of drug-likeness (QED) is 0.370. The van der Waals surface area contributed by atoms with Crippen molar-refractivity contribution in [2.24, 2.45) is 10.9 Å². The van der Waals surface area contributed by atoms with Gasteiger partial charge in [-0.15, -0.1) is 0 Å². The van der Waals surface area contributed by atoms with Crippen LogP contribution in [0.4, 0.5) is 0 Å². The smallest absolute Gasteiger partial charge is 0.172 e. The molecular formula is C11H11ClN4O. The van der Waals surface area contributed by atoms with Gasteiger partial charge in [0.2, 0.25) is 0 Å². The Morgan fingerprint density at radius 2 is 2.29 bits per heavy atom. The first-order valence-electron chi connectivity index (χ1n) is 4.91. The van der Waals surface area contributed by atoms with Gasteiger partial charge in [-0.2, -0.15) is 0 Å². The number of imidazole rings is 1. The first-order valence-corrected chi connectivity index (χ1v) is 5.29. The second-order valence-corrected chi connectivity index (χ2v) is 3.93. The van der Waals surface area contributed by atoms with Crippen molar-refractivity contribution >= 4 is 17.4 Å². The lowest BCUT2D eigenvalue weighted by Crippen LogP contribution is -2.16. The molecule has 0 spiro atoms. The zero-order chi connectivity index (χ0) is 12.4. The van der Waals surface area contributed by atoms with E-state index in [-0.39, 0.29) is 5.84 Å². The molecule has 0 saturated heterocycles. The van der Waals surface area contributed by atoms with Gasteiger partial charge >= 0.3 is 0 Å². The molecule has 0 amide bonds. The molecule has 3 N–H and O–H groups in total. The van der Waals surface area contributed by atoms with Crippen LogP contribution in [0.25, 0.3) is 5.69 Å². The molecule has 17 heavy (non-hydrogen) atoms. The average Bonchev–Trinajstić information content (AvgIpc) is 2.74. The maximum atomic E-state index is 8.77. The van der Waals surface area contributed by atoms with Gasteiger partial charge in [0.25, 0.3) is 0 Å². The second-order valence-electron chi connectivity index (χ2n) is 3.49. The second kappa shape index (κ2) is 4.47. The Labute approximate surface area is 103 Å². The van der Waals surface area contributed by atoms with Gasteiger partial charge in [-0.3, -0.25) is 0 Å². The average molecular weight is 251 g/mol. The van der Waals surface area contributed by atoms with Crippen molar-refractivity contribution in [3.8, 4) is 5.69 Å². The third-order valence-corrected chi connectivity index (χ3v) is 2.66. The predicted molar refractivity (Wildman–Crippen MR) is 65.8 cm³/mol. The largest absolute Gasteiger partial charge is 0.409 e. The van der Waals surface area contributed by atoms with E-state index in [0.29, 0.717) is 10.6 Å². The Kier molecular flexibility index (Phi) is 3.01. The van der Waals surface area contributed by atoms with Crippen LogP contribution in [0.15, 0.2) is 35.7 Å². The normalized spacial score (nSPS) is 11.8. The van der Waals surface area contributed by atoms with E-state index in [2.05, 4.69) is 10.1 Å². The highest BCUT2D eigenvalue weighted by Gasteiger charge is 2.11. The van der Waals surface area contributed by atoms with E-state index in [4.69, 9.17) is 22.5 Å². The van der Waals surface area contributed by atoms with E-state index in [9.17, 15) is 0 Å². The number of hydrogen-bond donors (Lipinski definition) is 2. The number of halogens is 1. The van der Waals surface area contributed by atoms with Crippen LogP contribution in [0.5, 0.6) is 0 Å². The minimum atomic E-state index is 0.00981. The Hall–Kier alpha value is -2.01. The number of rotatable bonds is 2. The lowest BCUT2D eigenvalue weighted by atomic mass is 10.1. The van der Waals surface area contributed by atoms with Crippen LogP contribution in [-0.4, -0.2) is 20.6 Å². The first-order chi connectivity index (χ1) is 8.13. The highest BCUT2D eigenvalue weighted by molar-refractivity contribution is 6.31. The number of benzene rings is 1. The molecule has 0 saturated carbocycles. The molecule has 1 aromatic heterocycles. The zero-order valence-corrected chi connectivity index (χ0v) is 9.89. The minimum Gasteiger partial charge on any atom is -0.409 e. The molecule has 0 bridgehead atoms. The fourth-order valence-corrected chi connectivity index (χ4v) is 1.78. The molecule has 0 radical (unpaired) electrons. The molecule has 6 heteroatoms. The summed E-state index contributed by atoms with van der Waals surface area (Å²) in [5.74, 6) is 0.815. The van der Waals surface area contributed by atoms with Gasteiger partial charge in [0.05, 0.1) is 5.69 Å². The number of nitrogens with two attached hydrogens (primary N) is 1. The van der Waals surface area contributed by atoms with Crippen LogP contribution in [-0.2, 0) is 0 Å². The van der Waals surface area contributed by atoms with Crippen LogP contribution < -0.4 is 5.73 Å². The monoisotopic (exact) mass is 250 g/mol. The van der Waals surface area contributed by atoms with Crippen LogP contribution >= 0.6 is 11.6 Å². The third kappa shape index (κ3) is 2.09. The zero-order valence-electron chi connectivity index (χ0n) is 9.13. The molecule has 0 aliphatic carbocycles. The van der Waals surface area contributed by atoms with E-state index in [0.717, 1.165) is 11.5 Å². The fraction of sp³-hybridized carbons (Fsp3) is 0.0909. The number of amidine groups is 1. The summed E-state index contributed by atoms with van der Waals surface area (Å²) >= 11 is 5.90. The van der Waals surface area contributed by atoms with Crippen molar-refractivity contribution < 1.29 is 5.21 Å². The molecular weight excluding hydrogens is 240 g/mol. The van der Waals surface area contributed by atoms with Crippen LogP contribution in [0.2, 0.25) is 5.02 Å². The van der Waals surface area contributed by atoms with Crippen molar-refractivity contribution in [3.05, 3.63) is 47.0 Å². The summed E-state index contributed by atoms with van der Waals surface area (Å²) in [4.78, 5) is 4.13. The van der Waals surface area contributed by atoms with Crippen molar-refractivity contribution in [1.29, 1.82) is 0 Å². The molecule has 5 nitrogen and oxygen atoms in total. The van der Waals surface area contributed by atoms with Gasteiger partial charge in [-0.05, 0) is 25.1 Å². The minimum absolute atomic E-state index is 0.00981. The molecule has 0 fully saturated rings. The van der Waals surface area contributed by atoms with Crippen LogP contribution in [0.1, 0.15) is 11.4 Å². The highest BCUT2D eigenvalue weighted by Crippen LogP contribution is 2.20. The SMILES string of the molecule is Cc1nccn1-c1ccc(Cl)cc1C(N)=NO. The molecule has 0 atom stereocenters. The molecule has 88 valence electrons. The van der Waals surface area contributed by atoms with Gasteiger partial charge in [0.1, 0.15) is 5.82 Å². The Balaban J connectivity index is 2.66. The van der Waals surface area contributed by atoms with E-state index < -0.39 is 0 Å². The standard InChI is InChI=1S/C11H11ClN4O/c1-7-14-4-5-16(7)10-3-2-8(12)6-9(10)11(13)15-17/h2-6,17H,1H3,(H2,13,15). The van der Waals surface area contributed by atoms with Gasteiger partial charge < -0.3 is 15.5 Å². The van der Waals surface area contributed by atoms with E-state index in [1.165, 1.54) is 0 Å². The Morgan fingerprint density at radius 3 is 2.88 bits per heavy atom. The molecule has 0 aliphatic rings. The van der Waals surface area contributed by atoms with Crippen molar-refractivity contribution in [3.63, 3.8) is 0 Å². The van der Waals surface area contributed by atoms with E-state index in [1.54, 1.807) is 30.6 Å².